The van der Waals surface area contributed by atoms with Gasteiger partial charge in [0.25, 0.3) is 0 Å². The summed E-state index contributed by atoms with van der Waals surface area (Å²) in [4.78, 5) is 26.8. The molecule has 142 valence electrons. The van der Waals surface area contributed by atoms with Crippen LogP contribution in [0, 0.1) is 0 Å². The fourth-order valence-corrected chi connectivity index (χ4v) is 3.56. The topological polar surface area (TPSA) is 84.7 Å². The van der Waals surface area contributed by atoms with Gasteiger partial charge in [0.05, 0.1) is 18.5 Å². The van der Waals surface area contributed by atoms with Crippen LogP contribution in [0.15, 0.2) is 34.9 Å². The van der Waals surface area contributed by atoms with E-state index in [4.69, 9.17) is 9.26 Å². The molecule has 1 N–H and O–H groups in total. The third-order valence-electron chi connectivity index (χ3n) is 5.08. The van der Waals surface area contributed by atoms with E-state index in [0.717, 1.165) is 0 Å². The van der Waals surface area contributed by atoms with Gasteiger partial charge in [0.2, 0.25) is 0 Å². The third-order valence-corrected chi connectivity index (χ3v) is 5.08. The van der Waals surface area contributed by atoms with Crippen molar-refractivity contribution in [2.75, 3.05) is 18.4 Å². The monoisotopic (exact) mass is 369 g/mol. The highest BCUT2D eigenvalue weighted by Crippen LogP contribution is 2.38. The van der Waals surface area contributed by atoms with Crippen LogP contribution in [-0.4, -0.2) is 40.6 Å². The lowest BCUT2D eigenvalue weighted by Crippen LogP contribution is -2.46. The number of hydrogen-bond donors (Lipinski definition) is 1. The fraction of sp³-hybridized carbons (Fsp3) is 0.450. The molecule has 4 rings (SSSR count). The third kappa shape index (κ3) is 3.29. The number of amides is 2. The highest BCUT2D eigenvalue weighted by atomic mass is 16.5. The SMILES string of the molecule is CC(C)(C)c1cc(NC(=O)N2CCC3(CC(=O)c4ccccc4O3)C2)no1. The smallest absolute Gasteiger partial charge is 0.323 e. The maximum absolute atomic E-state index is 12.6. The zero-order valence-corrected chi connectivity index (χ0v) is 15.7. The Morgan fingerprint density at radius 2 is 2.07 bits per heavy atom. The lowest BCUT2D eigenvalue weighted by atomic mass is 9.89. The Hall–Kier alpha value is -2.83. The van der Waals surface area contributed by atoms with Crippen molar-refractivity contribution in [2.24, 2.45) is 0 Å². The number of nitrogens with zero attached hydrogens (tertiary/aromatic N) is 2. The van der Waals surface area contributed by atoms with Gasteiger partial charge in [-0.2, -0.15) is 0 Å². The van der Waals surface area contributed by atoms with E-state index in [9.17, 15) is 9.59 Å². The van der Waals surface area contributed by atoms with E-state index in [1.54, 1.807) is 23.1 Å². The number of rotatable bonds is 1. The molecule has 0 aliphatic carbocycles. The van der Waals surface area contributed by atoms with Crippen LogP contribution in [0.5, 0.6) is 5.75 Å². The molecule has 0 radical (unpaired) electrons. The molecule has 0 bridgehead atoms. The van der Waals surface area contributed by atoms with Gasteiger partial charge >= 0.3 is 6.03 Å². The molecule has 2 aromatic rings. The van der Waals surface area contributed by atoms with Crippen LogP contribution in [-0.2, 0) is 5.41 Å². The number of benzene rings is 1. The number of likely N-dealkylation sites (tertiary alicyclic amines) is 1. The van der Waals surface area contributed by atoms with Crippen molar-refractivity contribution in [1.82, 2.24) is 10.1 Å². The molecule has 1 aromatic carbocycles. The number of ether oxygens (including phenoxy) is 1. The van der Waals surface area contributed by atoms with Crippen molar-refractivity contribution in [2.45, 2.75) is 44.6 Å². The van der Waals surface area contributed by atoms with Crippen LogP contribution in [0.1, 0.15) is 49.7 Å². The van der Waals surface area contributed by atoms with Gasteiger partial charge < -0.3 is 14.2 Å². The summed E-state index contributed by atoms with van der Waals surface area (Å²) in [6, 6.07) is 8.73. The van der Waals surface area contributed by atoms with E-state index >= 15 is 0 Å². The molecule has 2 aliphatic rings. The molecule has 2 aliphatic heterocycles. The molecular weight excluding hydrogens is 346 g/mol. The Balaban J connectivity index is 1.45. The number of fused-ring (bicyclic) bond motifs is 1. The maximum atomic E-state index is 12.6. The summed E-state index contributed by atoms with van der Waals surface area (Å²) in [6.07, 6.45) is 0.901. The number of urea groups is 1. The van der Waals surface area contributed by atoms with Gasteiger partial charge in [-0.15, -0.1) is 0 Å². The molecule has 1 spiro atoms. The zero-order valence-electron chi connectivity index (χ0n) is 15.7. The molecule has 7 nitrogen and oxygen atoms in total. The number of ketones is 1. The van der Waals surface area contributed by atoms with Gasteiger partial charge in [0.1, 0.15) is 17.1 Å². The molecule has 27 heavy (non-hydrogen) atoms. The minimum atomic E-state index is -0.650. The number of Topliss-reactive ketones (excluding diaryl/α,β-unsaturated/α-hetero) is 1. The van der Waals surface area contributed by atoms with Crippen LogP contribution < -0.4 is 10.1 Å². The molecule has 7 heteroatoms. The van der Waals surface area contributed by atoms with E-state index in [1.807, 2.05) is 32.9 Å². The predicted octanol–water partition coefficient (Wildman–Crippen LogP) is 3.61. The summed E-state index contributed by atoms with van der Waals surface area (Å²) < 4.78 is 11.5. The molecule has 1 saturated heterocycles. The van der Waals surface area contributed by atoms with Crippen molar-refractivity contribution < 1.29 is 18.8 Å². The first-order chi connectivity index (χ1) is 12.8. The van der Waals surface area contributed by atoms with E-state index in [0.29, 0.717) is 42.4 Å². The molecule has 1 atom stereocenters. The summed E-state index contributed by atoms with van der Waals surface area (Å²) in [5, 5.41) is 6.69. The average Bonchev–Trinajstić information content (AvgIpc) is 3.22. The minimum Gasteiger partial charge on any atom is -0.484 e. The Labute approximate surface area is 157 Å². The van der Waals surface area contributed by atoms with Crippen LogP contribution in [0.3, 0.4) is 0 Å². The number of para-hydroxylation sites is 1. The Kier molecular flexibility index (Phi) is 3.98. The lowest BCUT2D eigenvalue weighted by molar-refractivity contribution is 0.0482. The van der Waals surface area contributed by atoms with E-state index in [-0.39, 0.29) is 23.7 Å². The number of anilines is 1. The Morgan fingerprint density at radius 1 is 1.30 bits per heavy atom. The zero-order chi connectivity index (χ0) is 19.2. The Bertz CT molecular complexity index is 899. The first-order valence-electron chi connectivity index (χ1n) is 9.10. The highest BCUT2D eigenvalue weighted by Gasteiger charge is 2.47. The number of nitrogens with one attached hydrogen (secondary N) is 1. The van der Waals surface area contributed by atoms with Gasteiger partial charge in [-0.25, -0.2) is 4.79 Å². The summed E-state index contributed by atoms with van der Waals surface area (Å²) in [6.45, 7) is 6.92. The van der Waals surface area contributed by atoms with Crippen LogP contribution in [0.25, 0.3) is 0 Å². The molecule has 0 saturated carbocycles. The molecule has 1 fully saturated rings. The predicted molar refractivity (Wildman–Crippen MR) is 99.2 cm³/mol. The normalized spacial score (nSPS) is 21.9. The van der Waals surface area contributed by atoms with Crippen molar-refractivity contribution in [3.63, 3.8) is 0 Å². The highest BCUT2D eigenvalue weighted by molar-refractivity contribution is 6.00. The second kappa shape index (κ2) is 6.11. The average molecular weight is 369 g/mol. The first kappa shape index (κ1) is 17.6. The fourth-order valence-electron chi connectivity index (χ4n) is 3.56. The van der Waals surface area contributed by atoms with Gasteiger partial charge in [-0.1, -0.05) is 38.1 Å². The summed E-state index contributed by atoms with van der Waals surface area (Å²) in [5.74, 6) is 1.75. The van der Waals surface area contributed by atoms with Gasteiger partial charge in [0.15, 0.2) is 11.6 Å². The van der Waals surface area contributed by atoms with Gasteiger partial charge in [-0.3, -0.25) is 10.1 Å². The second-order valence-electron chi connectivity index (χ2n) is 8.31. The number of carbonyl (C=O) groups is 2. The van der Waals surface area contributed by atoms with Crippen molar-refractivity contribution in [3.05, 3.63) is 41.7 Å². The molecule has 2 amide bonds. The summed E-state index contributed by atoms with van der Waals surface area (Å²) >= 11 is 0. The lowest BCUT2D eigenvalue weighted by Gasteiger charge is -2.34. The van der Waals surface area contributed by atoms with Crippen molar-refractivity contribution in [1.29, 1.82) is 0 Å². The molecule has 1 unspecified atom stereocenters. The number of carbonyl (C=O) groups excluding carboxylic acids is 2. The second-order valence-corrected chi connectivity index (χ2v) is 8.31. The first-order valence-corrected chi connectivity index (χ1v) is 9.10. The van der Waals surface area contributed by atoms with Crippen LogP contribution >= 0.6 is 0 Å². The van der Waals surface area contributed by atoms with Crippen molar-refractivity contribution in [3.8, 4) is 5.75 Å². The minimum absolute atomic E-state index is 0.0606. The van der Waals surface area contributed by atoms with Crippen LogP contribution in [0.4, 0.5) is 10.6 Å². The molecular formula is C20H23N3O4. The number of hydrogen-bond acceptors (Lipinski definition) is 5. The Morgan fingerprint density at radius 3 is 2.81 bits per heavy atom. The van der Waals surface area contributed by atoms with Crippen LogP contribution in [0.2, 0.25) is 0 Å². The quantitative estimate of drug-likeness (QED) is 0.830. The van der Waals surface area contributed by atoms with E-state index < -0.39 is 5.60 Å². The van der Waals surface area contributed by atoms with Gasteiger partial charge in [-0.05, 0) is 12.1 Å². The molecule has 3 heterocycles. The standard InChI is InChI=1S/C20H23N3O4/c1-19(2,3)16-10-17(22-27-16)21-18(25)23-9-8-20(12-23)11-14(24)13-6-4-5-7-15(13)26-20/h4-7,10H,8-9,11-12H2,1-3H3,(H,21,22,25). The number of aromatic nitrogens is 1. The van der Waals surface area contributed by atoms with Gasteiger partial charge in [0, 0.05) is 24.4 Å². The molecule has 1 aromatic heterocycles. The van der Waals surface area contributed by atoms with E-state index in [1.165, 1.54) is 0 Å². The summed E-state index contributed by atoms with van der Waals surface area (Å²) in [7, 11) is 0. The maximum Gasteiger partial charge on any atom is 0.323 e. The largest absolute Gasteiger partial charge is 0.484 e. The van der Waals surface area contributed by atoms with Crippen molar-refractivity contribution >= 4 is 17.6 Å². The van der Waals surface area contributed by atoms with E-state index in [2.05, 4.69) is 10.5 Å². The summed E-state index contributed by atoms with van der Waals surface area (Å²) in [5.41, 5.74) is -0.219.